The molecular weight excluding hydrogens is 180 g/mol. The van der Waals surface area contributed by atoms with Crippen molar-refractivity contribution in [1.29, 1.82) is 0 Å². The van der Waals surface area contributed by atoms with Crippen molar-refractivity contribution in [2.45, 2.75) is 6.42 Å². The average molecular weight is 188 g/mol. The smallest absolute Gasteiger partial charge is 0.307 e. The van der Waals surface area contributed by atoms with Gasteiger partial charge in [0.05, 0.1) is 17.5 Å². The van der Waals surface area contributed by atoms with Crippen LogP contribution >= 0.6 is 0 Å². The number of hydrogen-bond acceptors (Lipinski definition) is 3. The van der Waals surface area contributed by atoms with Gasteiger partial charge in [0.25, 0.3) is 0 Å². The molecule has 0 aliphatic carbocycles. The van der Waals surface area contributed by atoms with Gasteiger partial charge in [-0.1, -0.05) is 0 Å². The average Bonchev–Trinajstić information content (AvgIpc) is 2.18. The molecule has 0 amide bonds. The van der Waals surface area contributed by atoms with Crippen molar-refractivity contribution in [2.24, 2.45) is 0 Å². The zero-order valence-electron chi connectivity index (χ0n) is 7.34. The highest BCUT2D eigenvalue weighted by Crippen LogP contribution is 2.13. The first-order valence-electron chi connectivity index (χ1n) is 4.18. The number of carboxylic acid groups (broad SMARTS) is 1. The summed E-state index contributed by atoms with van der Waals surface area (Å²) in [5, 5.41) is 8.68. The number of hydrogen-bond donors (Lipinski definition) is 1. The number of aromatic nitrogens is 2. The first kappa shape index (κ1) is 8.62. The number of aliphatic carboxylic acids is 1. The van der Waals surface area contributed by atoms with Crippen LogP contribution < -0.4 is 0 Å². The van der Waals surface area contributed by atoms with Crippen LogP contribution in [-0.2, 0) is 11.2 Å². The molecule has 1 N–H and O–H groups in total. The lowest BCUT2D eigenvalue weighted by Crippen LogP contribution is -2.01. The SMILES string of the molecule is O=C(O)Cc1ccnc2cccnc12. The lowest BCUT2D eigenvalue weighted by molar-refractivity contribution is -0.136. The van der Waals surface area contributed by atoms with Crippen LogP contribution in [0.4, 0.5) is 0 Å². The molecule has 0 radical (unpaired) electrons. The van der Waals surface area contributed by atoms with E-state index in [9.17, 15) is 4.79 Å². The van der Waals surface area contributed by atoms with Gasteiger partial charge in [-0.3, -0.25) is 14.8 Å². The molecule has 0 unspecified atom stereocenters. The molecule has 0 bridgehead atoms. The lowest BCUT2D eigenvalue weighted by atomic mass is 10.1. The Labute approximate surface area is 80.2 Å². The summed E-state index contributed by atoms with van der Waals surface area (Å²) < 4.78 is 0. The number of carboxylic acids is 1. The Morgan fingerprint density at radius 2 is 2.14 bits per heavy atom. The van der Waals surface area contributed by atoms with Gasteiger partial charge in [-0.25, -0.2) is 0 Å². The van der Waals surface area contributed by atoms with Crippen molar-refractivity contribution in [3.8, 4) is 0 Å². The van der Waals surface area contributed by atoms with E-state index in [1.54, 1.807) is 24.5 Å². The van der Waals surface area contributed by atoms with Crippen LogP contribution in [0, 0.1) is 0 Å². The number of nitrogens with zero attached hydrogens (tertiary/aromatic N) is 2. The highest BCUT2D eigenvalue weighted by atomic mass is 16.4. The molecular formula is C10H8N2O2. The third-order valence-corrected chi connectivity index (χ3v) is 1.92. The minimum Gasteiger partial charge on any atom is -0.481 e. The molecule has 0 aliphatic heterocycles. The number of pyridine rings is 2. The van der Waals surface area contributed by atoms with E-state index in [1.807, 2.05) is 6.07 Å². The molecule has 0 spiro atoms. The van der Waals surface area contributed by atoms with Crippen LogP contribution in [0.15, 0.2) is 30.6 Å². The first-order chi connectivity index (χ1) is 6.77. The molecule has 4 heteroatoms. The standard InChI is InChI=1S/C10H8N2O2/c13-9(14)6-7-3-5-11-8-2-1-4-12-10(7)8/h1-5H,6H2,(H,13,14). The lowest BCUT2D eigenvalue weighted by Gasteiger charge is -2.00. The molecule has 2 rings (SSSR count). The molecule has 0 fully saturated rings. The maximum absolute atomic E-state index is 10.6. The van der Waals surface area contributed by atoms with Gasteiger partial charge in [0.1, 0.15) is 0 Å². The van der Waals surface area contributed by atoms with E-state index >= 15 is 0 Å². The highest BCUT2D eigenvalue weighted by molar-refractivity contribution is 5.82. The zero-order chi connectivity index (χ0) is 9.97. The van der Waals surface area contributed by atoms with E-state index in [4.69, 9.17) is 5.11 Å². The second kappa shape index (κ2) is 3.41. The Morgan fingerprint density at radius 1 is 1.29 bits per heavy atom. The topological polar surface area (TPSA) is 63.1 Å². The molecule has 2 aromatic rings. The van der Waals surface area contributed by atoms with Gasteiger partial charge in [0.2, 0.25) is 0 Å². The predicted octanol–water partition coefficient (Wildman–Crippen LogP) is 1.26. The fraction of sp³-hybridized carbons (Fsp3) is 0.100. The normalized spacial score (nSPS) is 10.3. The Balaban J connectivity index is 2.59. The van der Waals surface area contributed by atoms with Crippen LogP contribution in [0.5, 0.6) is 0 Å². The Bertz CT molecular complexity index is 477. The van der Waals surface area contributed by atoms with Crippen molar-refractivity contribution in [2.75, 3.05) is 0 Å². The van der Waals surface area contributed by atoms with Gasteiger partial charge >= 0.3 is 5.97 Å². The number of rotatable bonds is 2. The van der Waals surface area contributed by atoms with Gasteiger partial charge in [0, 0.05) is 12.4 Å². The van der Waals surface area contributed by atoms with Crippen molar-refractivity contribution >= 4 is 17.0 Å². The number of fused-ring (bicyclic) bond motifs is 1. The maximum Gasteiger partial charge on any atom is 0.307 e. The number of carbonyl (C=O) groups is 1. The van der Waals surface area contributed by atoms with Crippen LogP contribution in [0.2, 0.25) is 0 Å². The van der Waals surface area contributed by atoms with Crippen LogP contribution in [0.3, 0.4) is 0 Å². The van der Waals surface area contributed by atoms with Gasteiger partial charge in [0.15, 0.2) is 0 Å². The zero-order valence-corrected chi connectivity index (χ0v) is 7.34. The Morgan fingerprint density at radius 3 is 2.93 bits per heavy atom. The Hall–Kier alpha value is -1.97. The summed E-state index contributed by atoms with van der Waals surface area (Å²) in [5.74, 6) is -0.858. The molecule has 4 nitrogen and oxygen atoms in total. The van der Waals surface area contributed by atoms with Crippen LogP contribution in [0.1, 0.15) is 5.56 Å². The first-order valence-corrected chi connectivity index (χ1v) is 4.18. The summed E-state index contributed by atoms with van der Waals surface area (Å²) in [6.07, 6.45) is 3.22. The van der Waals surface area contributed by atoms with Crippen molar-refractivity contribution in [3.05, 3.63) is 36.2 Å². The molecule has 2 heterocycles. The molecule has 70 valence electrons. The second-order valence-electron chi connectivity index (χ2n) is 2.91. The fourth-order valence-electron chi connectivity index (χ4n) is 1.34. The second-order valence-corrected chi connectivity index (χ2v) is 2.91. The largest absolute Gasteiger partial charge is 0.481 e. The summed E-state index contributed by atoms with van der Waals surface area (Å²) in [7, 11) is 0. The third-order valence-electron chi connectivity index (χ3n) is 1.92. The summed E-state index contributed by atoms with van der Waals surface area (Å²) in [6.45, 7) is 0. The van der Waals surface area contributed by atoms with Crippen LogP contribution in [-0.4, -0.2) is 21.0 Å². The summed E-state index contributed by atoms with van der Waals surface area (Å²) in [5.41, 5.74) is 2.09. The van der Waals surface area contributed by atoms with E-state index in [1.165, 1.54) is 0 Å². The minimum atomic E-state index is -0.858. The van der Waals surface area contributed by atoms with Crippen molar-refractivity contribution < 1.29 is 9.90 Å². The van der Waals surface area contributed by atoms with Gasteiger partial charge in [-0.05, 0) is 23.8 Å². The van der Waals surface area contributed by atoms with E-state index < -0.39 is 5.97 Å². The highest BCUT2D eigenvalue weighted by Gasteiger charge is 2.05. The van der Waals surface area contributed by atoms with Crippen LogP contribution in [0.25, 0.3) is 11.0 Å². The van der Waals surface area contributed by atoms with E-state index in [2.05, 4.69) is 9.97 Å². The van der Waals surface area contributed by atoms with Crippen molar-refractivity contribution in [3.63, 3.8) is 0 Å². The van der Waals surface area contributed by atoms with E-state index in [0.29, 0.717) is 11.1 Å². The summed E-state index contributed by atoms with van der Waals surface area (Å²) >= 11 is 0. The summed E-state index contributed by atoms with van der Waals surface area (Å²) in [6, 6.07) is 5.27. The molecule has 0 atom stereocenters. The van der Waals surface area contributed by atoms with Gasteiger partial charge in [-0.15, -0.1) is 0 Å². The maximum atomic E-state index is 10.6. The predicted molar refractivity (Wildman–Crippen MR) is 50.9 cm³/mol. The van der Waals surface area contributed by atoms with Crippen molar-refractivity contribution in [1.82, 2.24) is 9.97 Å². The van der Waals surface area contributed by atoms with Gasteiger partial charge < -0.3 is 5.11 Å². The molecule has 2 aromatic heterocycles. The molecule has 14 heavy (non-hydrogen) atoms. The van der Waals surface area contributed by atoms with E-state index in [-0.39, 0.29) is 6.42 Å². The van der Waals surface area contributed by atoms with E-state index in [0.717, 1.165) is 5.52 Å². The minimum absolute atomic E-state index is 0.0178. The monoisotopic (exact) mass is 188 g/mol. The van der Waals surface area contributed by atoms with Gasteiger partial charge in [-0.2, -0.15) is 0 Å². The molecule has 0 saturated heterocycles. The molecule has 0 aliphatic rings. The summed E-state index contributed by atoms with van der Waals surface area (Å²) in [4.78, 5) is 18.8. The quantitative estimate of drug-likeness (QED) is 0.770. The Kier molecular flexibility index (Phi) is 2.10. The third kappa shape index (κ3) is 1.54. The fourth-order valence-corrected chi connectivity index (χ4v) is 1.34. The molecule has 0 saturated carbocycles. The molecule has 0 aromatic carbocycles.